The number of para-hydroxylation sites is 1. The fourth-order valence-electron chi connectivity index (χ4n) is 1.85. The number of thiazole rings is 1. The number of nitrogens with two attached hydrogens (primary N) is 1. The van der Waals surface area contributed by atoms with E-state index in [-0.39, 0.29) is 0 Å². The van der Waals surface area contributed by atoms with Crippen molar-refractivity contribution in [1.29, 1.82) is 0 Å². The molecule has 1 aromatic carbocycles. The van der Waals surface area contributed by atoms with Crippen LogP contribution in [-0.2, 0) is 6.54 Å². The third-order valence-electron chi connectivity index (χ3n) is 2.68. The zero-order chi connectivity index (χ0) is 11.8. The summed E-state index contributed by atoms with van der Waals surface area (Å²) in [6.07, 6.45) is 0. The smallest absolute Gasteiger partial charge is 0.158 e. The Kier molecular flexibility index (Phi) is 2.42. The van der Waals surface area contributed by atoms with E-state index in [0.717, 1.165) is 33.1 Å². The predicted octanol–water partition coefficient (Wildman–Crippen LogP) is 2.45. The van der Waals surface area contributed by atoms with E-state index >= 15 is 0 Å². The first-order valence-corrected chi connectivity index (χ1v) is 6.26. The van der Waals surface area contributed by atoms with Crippen LogP contribution in [0.15, 0.2) is 23.6 Å². The predicted molar refractivity (Wildman–Crippen MR) is 69.8 cm³/mol. The Labute approximate surface area is 103 Å². The van der Waals surface area contributed by atoms with Crippen molar-refractivity contribution in [2.45, 2.75) is 13.5 Å². The van der Waals surface area contributed by atoms with Crippen LogP contribution in [0.3, 0.4) is 0 Å². The Balaban J connectivity index is 2.19. The van der Waals surface area contributed by atoms with E-state index in [1.165, 1.54) is 0 Å². The van der Waals surface area contributed by atoms with Gasteiger partial charge in [-0.15, -0.1) is 11.3 Å². The molecule has 0 bridgehead atoms. The molecular formula is C12H12N4S. The summed E-state index contributed by atoms with van der Waals surface area (Å²) in [4.78, 5) is 12.3. The minimum Gasteiger partial charge on any atom is -0.337 e. The van der Waals surface area contributed by atoms with Gasteiger partial charge in [0.1, 0.15) is 5.69 Å². The van der Waals surface area contributed by atoms with Gasteiger partial charge in [-0.3, -0.25) is 0 Å². The fourth-order valence-corrected chi connectivity index (χ4v) is 2.45. The van der Waals surface area contributed by atoms with Crippen molar-refractivity contribution >= 4 is 22.4 Å². The van der Waals surface area contributed by atoms with E-state index in [4.69, 9.17) is 5.73 Å². The van der Waals surface area contributed by atoms with Gasteiger partial charge in [0.2, 0.25) is 0 Å². The lowest BCUT2D eigenvalue weighted by atomic mass is 10.2. The number of aromatic nitrogens is 3. The molecule has 0 unspecified atom stereocenters. The highest BCUT2D eigenvalue weighted by molar-refractivity contribution is 7.09. The van der Waals surface area contributed by atoms with E-state index in [0.29, 0.717) is 6.54 Å². The maximum absolute atomic E-state index is 5.70. The number of rotatable bonds is 2. The minimum atomic E-state index is 0.498. The van der Waals surface area contributed by atoms with Crippen molar-refractivity contribution in [1.82, 2.24) is 15.0 Å². The number of H-pyrrole nitrogens is 1. The van der Waals surface area contributed by atoms with Crippen molar-refractivity contribution in [3.05, 3.63) is 34.2 Å². The van der Waals surface area contributed by atoms with Gasteiger partial charge in [0.25, 0.3) is 0 Å². The normalized spacial score (nSPS) is 11.2. The molecule has 3 N–H and O–H groups in total. The molecule has 0 spiro atoms. The molecule has 0 amide bonds. The Morgan fingerprint density at radius 2 is 2.24 bits per heavy atom. The van der Waals surface area contributed by atoms with Crippen molar-refractivity contribution in [3.63, 3.8) is 0 Å². The third-order valence-corrected chi connectivity index (χ3v) is 3.45. The van der Waals surface area contributed by atoms with Crippen LogP contribution in [0.2, 0.25) is 0 Å². The number of fused-ring (bicyclic) bond motifs is 1. The first kappa shape index (κ1) is 10.4. The number of benzene rings is 1. The topological polar surface area (TPSA) is 67.6 Å². The van der Waals surface area contributed by atoms with Crippen LogP contribution in [-0.4, -0.2) is 15.0 Å². The molecule has 17 heavy (non-hydrogen) atoms. The highest BCUT2D eigenvalue weighted by atomic mass is 32.1. The van der Waals surface area contributed by atoms with Gasteiger partial charge in [0.15, 0.2) is 5.82 Å². The number of nitrogens with zero attached hydrogens (tertiary/aromatic N) is 2. The zero-order valence-corrected chi connectivity index (χ0v) is 10.2. The van der Waals surface area contributed by atoms with Gasteiger partial charge in [-0.1, -0.05) is 12.1 Å². The van der Waals surface area contributed by atoms with Crippen LogP contribution in [0.5, 0.6) is 0 Å². The number of imidazole rings is 1. The number of hydrogen-bond acceptors (Lipinski definition) is 4. The number of nitrogens with one attached hydrogen (secondary N) is 1. The summed E-state index contributed by atoms with van der Waals surface area (Å²) in [5, 5.41) is 3.05. The molecule has 2 heterocycles. The molecule has 4 nitrogen and oxygen atoms in total. The first-order valence-electron chi connectivity index (χ1n) is 5.38. The van der Waals surface area contributed by atoms with Gasteiger partial charge < -0.3 is 10.7 Å². The van der Waals surface area contributed by atoms with Crippen molar-refractivity contribution < 1.29 is 0 Å². The monoisotopic (exact) mass is 244 g/mol. The lowest BCUT2D eigenvalue weighted by Gasteiger charge is -1.95. The molecule has 0 radical (unpaired) electrons. The number of aromatic amines is 1. The van der Waals surface area contributed by atoms with Gasteiger partial charge in [0, 0.05) is 11.9 Å². The fraction of sp³-hybridized carbons (Fsp3) is 0.167. The maximum atomic E-state index is 5.70. The van der Waals surface area contributed by atoms with Crippen LogP contribution >= 0.6 is 11.3 Å². The van der Waals surface area contributed by atoms with E-state index in [2.05, 4.69) is 15.0 Å². The van der Waals surface area contributed by atoms with Gasteiger partial charge in [-0.25, -0.2) is 9.97 Å². The maximum Gasteiger partial charge on any atom is 0.158 e. The second-order valence-corrected chi connectivity index (χ2v) is 4.92. The molecule has 3 rings (SSSR count). The van der Waals surface area contributed by atoms with Gasteiger partial charge >= 0.3 is 0 Å². The summed E-state index contributed by atoms with van der Waals surface area (Å²) >= 11 is 1.62. The van der Waals surface area contributed by atoms with Crippen molar-refractivity contribution in [3.8, 4) is 11.5 Å². The van der Waals surface area contributed by atoms with Gasteiger partial charge in [-0.05, 0) is 18.6 Å². The summed E-state index contributed by atoms with van der Waals surface area (Å²) in [6.45, 7) is 2.49. The Morgan fingerprint density at radius 3 is 2.94 bits per heavy atom. The van der Waals surface area contributed by atoms with Crippen LogP contribution in [0.1, 0.15) is 10.6 Å². The molecule has 0 aliphatic rings. The summed E-state index contributed by atoms with van der Waals surface area (Å²) < 4.78 is 0. The van der Waals surface area contributed by atoms with Gasteiger partial charge in [0.05, 0.1) is 16.0 Å². The largest absolute Gasteiger partial charge is 0.337 e. The summed E-state index contributed by atoms with van der Waals surface area (Å²) in [7, 11) is 0. The Morgan fingerprint density at radius 1 is 1.35 bits per heavy atom. The molecular weight excluding hydrogens is 232 g/mol. The lowest BCUT2D eigenvalue weighted by molar-refractivity contribution is 1.08. The third kappa shape index (κ3) is 1.73. The molecule has 0 aliphatic heterocycles. The number of hydrogen-bond donors (Lipinski definition) is 2. The van der Waals surface area contributed by atoms with E-state index < -0.39 is 0 Å². The average Bonchev–Trinajstić information content (AvgIpc) is 2.93. The SMILES string of the molecule is Cc1nc(-c2nc3c(CN)cccc3[nH]2)cs1. The average molecular weight is 244 g/mol. The van der Waals surface area contributed by atoms with E-state index in [1.807, 2.05) is 30.5 Å². The highest BCUT2D eigenvalue weighted by Gasteiger charge is 2.09. The van der Waals surface area contributed by atoms with E-state index in [1.54, 1.807) is 11.3 Å². The quantitative estimate of drug-likeness (QED) is 0.727. The second kappa shape index (κ2) is 3.94. The Hall–Kier alpha value is -1.72. The van der Waals surface area contributed by atoms with Crippen LogP contribution in [0.4, 0.5) is 0 Å². The van der Waals surface area contributed by atoms with Crippen LogP contribution in [0, 0.1) is 6.92 Å². The highest BCUT2D eigenvalue weighted by Crippen LogP contribution is 2.23. The summed E-state index contributed by atoms with van der Waals surface area (Å²) in [5.74, 6) is 0.810. The molecule has 0 aliphatic carbocycles. The summed E-state index contributed by atoms with van der Waals surface area (Å²) in [5.41, 5.74) is 9.60. The lowest BCUT2D eigenvalue weighted by Crippen LogP contribution is -1.96. The second-order valence-electron chi connectivity index (χ2n) is 3.85. The van der Waals surface area contributed by atoms with Crippen LogP contribution < -0.4 is 5.73 Å². The van der Waals surface area contributed by atoms with Gasteiger partial charge in [-0.2, -0.15) is 0 Å². The zero-order valence-electron chi connectivity index (χ0n) is 9.40. The molecule has 2 aromatic heterocycles. The van der Waals surface area contributed by atoms with Crippen LogP contribution in [0.25, 0.3) is 22.6 Å². The summed E-state index contributed by atoms with van der Waals surface area (Å²) in [6, 6.07) is 5.99. The molecule has 3 aromatic rings. The molecule has 0 saturated carbocycles. The first-order chi connectivity index (χ1) is 8.28. The molecule has 5 heteroatoms. The standard InChI is InChI=1S/C12H12N4S/c1-7-14-10(6-17-7)12-15-9-4-2-3-8(5-13)11(9)16-12/h2-4,6H,5,13H2,1H3,(H,15,16). The minimum absolute atomic E-state index is 0.498. The van der Waals surface area contributed by atoms with E-state index in [9.17, 15) is 0 Å². The van der Waals surface area contributed by atoms with Crippen molar-refractivity contribution in [2.75, 3.05) is 0 Å². The molecule has 0 fully saturated rings. The molecule has 86 valence electrons. The van der Waals surface area contributed by atoms with Crippen molar-refractivity contribution in [2.24, 2.45) is 5.73 Å². The molecule has 0 atom stereocenters. The number of aryl methyl sites for hydroxylation is 1. The Bertz CT molecular complexity index is 668. The molecule has 0 saturated heterocycles.